The second-order valence-corrected chi connectivity index (χ2v) is 7.72. The van der Waals surface area contributed by atoms with Crippen LogP contribution in [0.2, 0.25) is 0 Å². The van der Waals surface area contributed by atoms with E-state index in [4.69, 9.17) is 7.48 Å². The van der Waals surface area contributed by atoms with Gasteiger partial charge in [0.1, 0.15) is 17.6 Å². The largest absolute Gasteiger partial charge is 0.479 e. The van der Waals surface area contributed by atoms with Gasteiger partial charge in [-0.15, -0.1) is 0 Å². The van der Waals surface area contributed by atoms with Crippen LogP contribution in [0.25, 0.3) is 0 Å². The average Bonchev–Trinajstić information content (AvgIpc) is 3.51. The lowest BCUT2D eigenvalue weighted by Gasteiger charge is -2.40. The van der Waals surface area contributed by atoms with Gasteiger partial charge >= 0.3 is 5.97 Å². The minimum Gasteiger partial charge on any atom is -0.479 e. The summed E-state index contributed by atoms with van der Waals surface area (Å²) >= 11 is 0. The van der Waals surface area contributed by atoms with E-state index < -0.39 is 55.4 Å². The number of amides is 1. The van der Waals surface area contributed by atoms with E-state index in [2.05, 4.69) is 10.3 Å². The minimum absolute atomic E-state index is 0.0416. The third-order valence-electron chi connectivity index (χ3n) is 5.37. The number of carboxylic acids is 1. The maximum atomic E-state index is 14.9. The van der Waals surface area contributed by atoms with Gasteiger partial charge in [-0.3, -0.25) is 4.79 Å². The molecule has 1 aliphatic heterocycles. The fourth-order valence-electron chi connectivity index (χ4n) is 3.23. The summed E-state index contributed by atoms with van der Waals surface area (Å²) < 4.78 is 62.3. The third-order valence-corrected chi connectivity index (χ3v) is 5.37. The molecule has 2 aliphatic rings. The number of ether oxygens (including phenoxy) is 1. The number of hydrogen-bond donors (Lipinski definition) is 2. The van der Waals surface area contributed by atoms with Gasteiger partial charge in [0, 0.05) is 2.74 Å². The van der Waals surface area contributed by atoms with Crippen molar-refractivity contribution in [2.24, 2.45) is 5.92 Å². The molecule has 0 bridgehead atoms. The Bertz CT molecular complexity index is 887. The first-order chi connectivity index (χ1) is 14.8. The molecule has 1 aliphatic carbocycles. The van der Waals surface area contributed by atoms with E-state index in [1.165, 1.54) is 24.0 Å². The van der Waals surface area contributed by atoms with Crippen molar-refractivity contribution in [2.75, 3.05) is 24.6 Å². The van der Waals surface area contributed by atoms with E-state index in [1.54, 1.807) is 0 Å². The number of carbonyl (C=O) groups is 2. The molecule has 2 fully saturated rings. The second-order valence-electron chi connectivity index (χ2n) is 7.72. The normalized spacial score (nSPS) is 22.1. The van der Waals surface area contributed by atoms with Gasteiger partial charge in [-0.2, -0.15) is 0 Å². The Morgan fingerprint density at radius 2 is 2.10 bits per heavy atom. The van der Waals surface area contributed by atoms with Gasteiger partial charge in [-0.1, -0.05) is 13.8 Å². The van der Waals surface area contributed by atoms with Crippen molar-refractivity contribution in [2.45, 2.75) is 57.1 Å². The zero-order valence-corrected chi connectivity index (χ0v) is 16.8. The lowest BCUT2D eigenvalue weighted by Crippen LogP contribution is -2.60. The number of nitrogens with zero attached hydrogens (tertiary/aromatic N) is 2. The van der Waals surface area contributed by atoms with Crippen molar-refractivity contribution in [1.29, 1.82) is 0 Å². The minimum atomic E-state index is -2.83. The molecule has 1 saturated carbocycles. The van der Waals surface area contributed by atoms with Gasteiger partial charge in [0.15, 0.2) is 5.54 Å². The van der Waals surface area contributed by atoms with E-state index in [-0.39, 0.29) is 17.3 Å². The third kappa shape index (κ3) is 4.46. The molecule has 166 valence electrons. The summed E-state index contributed by atoms with van der Waals surface area (Å²) in [5, 5.41) is 11.7. The Morgan fingerprint density at radius 3 is 2.60 bits per heavy atom. The molecule has 0 spiro atoms. The van der Waals surface area contributed by atoms with Crippen LogP contribution >= 0.6 is 0 Å². The Morgan fingerprint density at radius 1 is 1.43 bits per heavy atom. The Hall–Kier alpha value is -2.52. The molecule has 1 saturated heterocycles. The molecule has 10 heteroatoms. The Labute approximate surface area is 175 Å². The van der Waals surface area contributed by atoms with Crippen LogP contribution in [0.15, 0.2) is 12.1 Å². The summed E-state index contributed by atoms with van der Waals surface area (Å²) in [5.41, 5.74) is -2.54. The van der Waals surface area contributed by atoms with E-state index in [0.717, 1.165) is 19.8 Å². The highest BCUT2D eigenvalue weighted by atomic mass is 19.3. The van der Waals surface area contributed by atoms with E-state index in [9.17, 15) is 27.9 Å². The standard InChI is InChI=1S/C20H26F3N3O4/c1-3-15(21)20(4-2,18(28)29)25-16(27)13-7-8-14(26-10-19(22,23)11-26)17(24-13)30-9-12-5-6-12/h7-8,12,15H,3-6,9-11H2,1-2H3,(H,25,27)(H,28,29)/i3D2. The molecule has 30 heavy (non-hydrogen) atoms. The summed E-state index contributed by atoms with van der Waals surface area (Å²) in [6.07, 6.45) is -3.58. The van der Waals surface area contributed by atoms with Crippen molar-refractivity contribution in [3.05, 3.63) is 17.8 Å². The van der Waals surface area contributed by atoms with Gasteiger partial charge in [0.25, 0.3) is 11.8 Å². The molecule has 1 aromatic heterocycles. The van der Waals surface area contributed by atoms with Crippen LogP contribution in [0.5, 0.6) is 5.88 Å². The van der Waals surface area contributed by atoms with Crippen LogP contribution in [0.3, 0.4) is 0 Å². The topological polar surface area (TPSA) is 91.8 Å². The molecule has 0 radical (unpaired) electrons. The lowest BCUT2D eigenvalue weighted by atomic mass is 9.88. The molecule has 2 N–H and O–H groups in total. The predicted molar refractivity (Wildman–Crippen MR) is 103 cm³/mol. The number of carbonyl (C=O) groups excluding carboxylic acids is 1. The van der Waals surface area contributed by atoms with Crippen LogP contribution in [0.4, 0.5) is 18.9 Å². The Kier molecular flexibility index (Phi) is 5.39. The summed E-state index contributed by atoms with van der Waals surface area (Å²) in [7, 11) is 0. The molecule has 1 aromatic rings. The smallest absolute Gasteiger partial charge is 0.332 e. The highest BCUT2D eigenvalue weighted by Gasteiger charge is 2.47. The zero-order valence-electron chi connectivity index (χ0n) is 18.8. The van der Waals surface area contributed by atoms with Gasteiger partial charge in [-0.25, -0.2) is 22.9 Å². The molecule has 2 heterocycles. The fraction of sp³-hybridized carbons (Fsp3) is 0.650. The molecular formula is C20H26F3N3O4. The number of aliphatic carboxylic acids is 1. The summed E-state index contributed by atoms with van der Waals surface area (Å²) in [4.78, 5) is 30.1. The van der Waals surface area contributed by atoms with E-state index in [1.807, 2.05) is 0 Å². The molecule has 2 unspecified atom stereocenters. The van der Waals surface area contributed by atoms with Crippen LogP contribution < -0.4 is 15.0 Å². The van der Waals surface area contributed by atoms with Crippen molar-refractivity contribution in [3.8, 4) is 5.88 Å². The van der Waals surface area contributed by atoms with Gasteiger partial charge in [-0.05, 0) is 43.7 Å². The number of anilines is 1. The van der Waals surface area contributed by atoms with Crippen molar-refractivity contribution in [1.82, 2.24) is 10.3 Å². The maximum absolute atomic E-state index is 14.9. The van der Waals surface area contributed by atoms with Gasteiger partial charge in [0.2, 0.25) is 5.88 Å². The van der Waals surface area contributed by atoms with Crippen LogP contribution in [-0.2, 0) is 4.79 Å². The number of rotatable bonds is 10. The van der Waals surface area contributed by atoms with Crippen LogP contribution in [0.1, 0.15) is 52.7 Å². The quantitative estimate of drug-likeness (QED) is 0.592. The van der Waals surface area contributed by atoms with Crippen LogP contribution in [-0.4, -0.2) is 59.3 Å². The van der Waals surface area contributed by atoms with E-state index in [0.29, 0.717) is 12.5 Å². The number of aromatic nitrogens is 1. The molecular weight excluding hydrogens is 403 g/mol. The van der Waals surface area contributed by atoms with Gasteiger partial charge < -0.3 is 20.1 Å². The maximum Gasteiger partial charge on any atom is 0.332 e. The first kappa shape index (κ1) is 19.4. The lowest BCUT2D eigenvalue weighted by molar-refractivity contribution is -0.147. The molecule has 2 atom stereocenters. The number of pyridine rings is 1. The molecule has 1 amide bonds. The fourth-order valence-corrected chi connectivity index (χ4v) is 3.23. The summed E-state index contributed by atoms with van der Waals surface area (Å²) in [6.45, 7) is 1.46. The number of halogens is 3. The van der Waals surface area contributed by atoms with Crippen molar-refractivity contribution in [3.63, 3.8) is 0 Å². The first-order valence-electron chi connectivity index (χ1n) is 10.8. The van der Waals surface area contributed by atoms with Crippen molar-refractivity contribution < 1.29 is 35.3 Å². The molecule has 7 nitrogen and oxygen atoms in total. The molecule has 0 aromatic carbocycles. The van der Waals surface area contributed by atoms with Crippen LogP contribution in [0, 0.1) is 5.92 Å². The summed E-state index contributed by atoms with van der Waals surface area (Å²) in [6, 6.07) is 2.58. The van der Waals surface area contributed by atoms with Gasteiger partial charge in [0.05, 0.1) is 19.7 Å². The number of nitrogens with one attached hydrogen (secondary N) is 1. The second kappa shape index (κ2) is 8.31. The zero-order chi connectivity index (χ0) is 23.9. The first-order valence-corrected chi connectivity index (χ1v) is 9.75. The average molecular weight is 431 g/mol. The number of hydrogen-bond acceptors (Lipinski definition) is 5. The number of carboxylic acid groups (broad SMARTS) is 1. The Balaban J connectivity index is 1.87. The SMILES string of the molecule is [2H]C([2H])(C)C(F)C(CC)(NC(=O)c1ccc(N2CC(F)(F)C2)c(OCC2CC2)n1)C(=O)O. The summed E-state index contributed by atoms with van der Waals surface area (Å²) in [5.74, 6) is -5.32. The monoisotopic (exact) mass is 431 g/mol. The highest BCUT2D eigenvalue weighted by Crippen LogP contribution is 2.38. The number of alkyl halides is 3. The highest BCUT2D eigenvalue weighted by molar-refractivity contribution is 5.97. The van der Waals surface area contributed by atoms with Crippen molar-refractivity contribution >= 4 is 17.6 Å². The molecule has 3 rings (SSSR count). The predicted octanol–water partition coefficient (Wildman–Crippen LogP) is 3.04. The van der Waals surface area contributed by atoms with E-state index >= 15 is 0 Å².